The third-order valence-electron chi connectivity index (χ3n) is 21.1. The summed E-state index contributed by atoms with van der Waals surface area (Å²) >= 11 is 0. The van der Waals surface area contributed by atoms with E-state index in [-0.39, 0.29) is 29.6 Å². The number of pyridine rings is 7. The van der Waals surface area contributed by atoms with Crippen LogP contribution in [0.5, 0.6) is 0 Å². The summed E-state index contributed by atoms with van der Waals surface area (Å²) in [6, 6.07) is 34.9. The van der Waals surface area contributed by atoms with Gasteiger partial charge in [-0.3, -0.25) is 38.4 Å². The van der Waals surface area contributed by atoms with Gasteiger partial charge in [0.25, 0.3) is 0 Å². The molecule has 30 nitrogen and oxygen atoms in total. The Labute approximate surface area is 654 Å². The van der Waals surface area contributed by atoms with Gasteiger partial charge in [-0.1, -0.05) is 12.1 Å². The van der Waals surface area contributed by atoms with Crippen molar-refractivity contribution in [2.75, 3.05) is 110 Å². The van der Waals surface area contributed by atoms with Gasteiger partial charge in [0.1, 0.15) is 64.0 Å². The average Bonchev–Trinajstić information content (AvgIpc) is 1.60. The lowest BCUT2D eigenvalue weighted by molar-refractivity contribution is 0.242. The Morgan fingerprint density at radius 3 is 1.09 bits per heavy atom. The van der Waals surface area contributed by atoms with Crippen LogP contribution >= 0.6 is 0 Å². The van der Waals surface area contributed by atoms with Crippen molar-refractivity contribution >= 4 is 51.5 Å². The molecule has 0 bridgehead atoms. The lowest BCUT2D eigenvalue weighted by Crippen LogP contribution is -2.46. The first-order valence-corrected chi connectivity index (χ1v) is 37.2. The minimum atomic E-state index is -0.518. The van der Waals surface area contributed by atoms with E-state index >= 15 is 0 Å². The maximum Gasteiger partial charge on any atom is 0.164 e. The Bertz CT molecular complexity index is 6140. The minimum Gasteiger partial charge on any atom is -0.381 e. The van der Waals surface area contributed by atoms with E-state index in [0.717, 1.165) is 161 Å². The van der Waals surface area contributed by atoms with Gasteiger partial charge in [0.05, 0.1) is 46.5 Å². The van der Waals surface area contributed by atoms with E-state index in [4.69, 9.17) is 32.2 Å². The lowest BCUT2D eigenvalue weighted by Gasteiger charge is -2.35. The second kappa shape index (κ2) is 31.6. The third kappa shape index (κ3) is 15.3. The van der Waals surface area contributed by atoms with Crippen LogP contribution in [0, 0.1) is 52.6 Å². The second-order valence-corrected chi connectivity index (χ2v) is 28.6. The number of benzene rings is 1. The van der Waals surface area contributed by atoms with Crippen LogP contribution in [0.3, 0.4) is 0 Å². The van der Waals surface area contributed by atoms with Crippen LogP contribution in [0.2, 0.25) is 0 Å². The van der Waals surface area contributed by atoms with Crippen molar-refractivity contribution in [2.45, 2.75) is 26.6 Å². The lowest BCUT2D eigenvalue weighted by atomic mass is 10.0. The molecule has 1 aromatic carbocycles. The molecule has 0 amide bonds. The zero-order valence-electron chi connectivity index (χ0n) is 63.4. The molecule has 0 radical (unpaired) electrons. The average molecular weight is 1520 g/mol. The van der Waals surface area contributed by atoms with Crippen molar-refractivity contribution in [3.63, 3.8) is 0 Å². The van der Waals surface area contributed by atoms with E-state index in [2.05, 4.69) is 115 Å². The Morgan fingerprint density at radius 1 is 0.386 bits per heavy atom. The first kappa shape index (κ1) is 73.9. The molecule has 3 fully saturated rings. The van der Waals surface area contributed by atoms with Gasteiger partial charge in [0, 0.05) is 267 Å². The molecule has 18 rings (SSSR count). The molecular formula is C82H80F2N30. The molecule has 32 heteroatoms. The van der Waals surface area contributed by atoms with Crippen molar-refractivity contribution in [2.24, 2.45) is 28.2 Å². The van der Waals surface area contributed by atoms with E-state index in [1.807, 2.05) is 148 Å². The molecule has 0 unspecified atom stereocenters. The van der Waals surface area contributed by atoms with Gasteiger partial charge in [0.2, 0.25) is 0 Å². The largest absolute Gasteiger partial charge is 0.381 e. The molecule has 6 N–H and O–H groups in total. The number of aryl methyl sites for hydroxylation is 5. The van der Waals surface area contributed by atoms with E-state index in [1.54, 1.807) is 52.4 Å². The summed E-state index contributed by atoms with van der Waals surface area (Å²) < 4.78 is 40.2. The van der Waals surface area contributed by atoms with Gasteiger partial charge < -0.3 is 31.9 Å². The molecule has 3 aliphatic rings. The summed E-state index contributed by atoms with van der Waals surface area (Å²) in [6.07, 6.45) is 26.1. The number of hydrogen-bond acceptors (Lipinski definition) is 23. The number of nitrogens with zero attached hydrogens (tertiary/aromatic N) is 27. The molecule has 15 aromatic rings. The fraction of sp³-hybridized carbons (Fsp3) is 0.244. The van der Waals surface area contributed by atoms with Crippen molar-refractivity contribution in [3.05, 3.63) is 229 Å². The van der Waals surface area contributed by atoms with Gasteiger partial charge >= 0.3 is 0 Å². The molecular weight excluding hydrogens is 1440 g/mol. The number of anilines is 6. The standard InChI is InChI=1S/C28H25F2N9.C28H28N10.C26H27N11/c1-36-15-20(14-34-36)19-11-21(27-22(12-31)28(32)35-39(27)16-19)18-5-6-26(33-13-18)38-9-7-37(8-10-38)17-23-24(29)3-2-4-25(23)30;1-19-4-3-7-31-25(19)18-36-8-10-37(11-9-36)26-6-5-20(14-32-26)23-12-21(22-15-33-35(2)16-22)17-38-27(23)24(13-29)28(30)34-38;1-33-6-5-21(31-33)17-35-7-9-36(10-8-35)24-4-3-18(13-29-24)22-11-19(20-14-30-34(2)15-20)16-37-25(22)23(12-27)26(28)32-37/h2-6,11,13-16H,7-10,17H2,1H3,(H2,32,35);3-7,12,14-17H,8-11,18H2,1-2H3,(H2,30,34);3-6,11,13-16H,7-10,17H2,1-2H3,(H2,28,32). The quantitative estimate of drug-likeness (QED) is 0.0859. The molecule has 3 aliphatic heterocycles. The molecule has 3 saturated heterocycles. The normalized spacial score (nSPS) is 14.2. The Hall–Kier alpha value is -14.3. The summed E-state index contributed by atoms with van der Waals surface area (Å²) in [6.45, 7) is 14.2. The van der Waals surface area contributed by atoms with Gasteiger partial charge in [-0.2, -0.15) is 36.2 Å². The Morgan fingerprint density at radius 2 is 0.763 bits per heavy atom. The predicted molar refractivity (Wildman–Crippen MR) is 430 cm³/mol. The van der Waals surface area contributed by atoms with E-state index in [9.17, 15) is 24.6 Å². The minimum absolute atomic E-state index is 0.102. The van der Waals surface area contributed by atoms with Gasteiger partial charge in [0.15, 0.2) is 17.5 Å². The number of piperazine rings is 3. The summed E-state index contributed by atoms with van der Waals surface area (Å²) in [5, 5.41) is 59.8. The molecule has 114 heavy (non-hydrogen) atoms. The Balaban J connectivity index is 0.000000129. The van der Waals surface area contributed by atoms with Crippen LogP contribution in [-0.4, -0.2) is 181 Å². The highest BCUT2D eigenvalue weighted by atomic mass is 19.1. The molecule has 0 saturated carbocycles. The van der Waals surface area contributed by atoms with Crippen LogP contribution in [0.15, 0.2) is 178 Å². The van der Waals surface area contributed by atoms with Crippen LogP contribution in [0.25, 0.3) is 83.3 Å². The first-order valence-electron chi connectivity index (χ1n) is 37.2. The highest BCUT2D eigenvalue weighted by Crippen LogP contribution is 2.38. The van der Waals surface area contributed by atoms with Gasteiger partial charge in [-0.25, -0.2) is 37.3 Å². The van der Waals surface area contributed by atoms with Crippen LogP contribution in [0.1, 0.15) is 39.2 Å². The van der Waals surface area contributed by atoms with Crippen LogP contribution in [0.4, 0.5) is 43.7 Å². The number of nitriles is 3. The second-order valence-electron chi connectivity index (χ2n) is 28.6. The molecule has 14 aromatic heterocycles. The smallest absolute Gasteiger partial charge is 0.164 e. The summed E-state index contributed by atoms with van der Waals surface area (Å²) in [7, 11) is 7.55. The van der Waals surface area contributed by atoms with Crippen molar-refractivity contribution in [3.8, 4) is 85.0 Å². The zero-order chi connectivity index (χ0) is 78.8. The van der Waals surface area contributed by atoms with Crippen molar-refractivity contribution in [1.29, 1.82) is 15.8 Å². The van der Waals surface area contributed by atoms with E-state index < -0.39 is 11.6 Å². The molecule has 0 spiro atoms. The zero-order valence-corrected chi connectivity index (χ0v) is 63.4. The number of rotatable bonds is 15. The number of nitrogens with two attached hydrogens (primary N) is 3. The predicted octanol–water partition coefficient (Wildman–Crippen LogP) is 9.43. The molecule has 0 aliphatic carbocycles. The fourth-order valence-corrected chi connectivity index (χ4v) is 14.9. The van der Waals surface area contributed by atoms with Crippen molar-refractivity contribution in [1.82, 2.24) is 103 Å². The first-order chi connectivity index (χ1) is 55.4. The number of hydrogen-bond donors (Lipinski definition) is 3. The fourth-order valence-electron chi connectivity index (χ4n) is 14.9. The molecule has 17 heterocycles. The van der Waals surface area contributed by atoms with Crippen molar-refractivity contribution < 1.29 is 8.78 Å². The maximum absolute atomic E-state index is 14.1. The summed E-state index contributed by atoms with van der Waals surface area (Å²) in [5.74, 6) is 2.24. The third-order valence-corrected chi connectivity index (χ3v) is 21.1. The topological polar surface area (TPSA) is 344 Å². The monoisotopic (exact) mass is 1520 g/mol. The summed E-state index contributed by atoms with van der Waals surface area (Å²) in [5.41, 5.74) is 35.4. The van der Waals surface area contributed by atoms with E-state index in [0.29, 0.717) is 59.4 Å². The van der Waals surface area contributed by atoms with Crippen LogP contribution < -0.4 is 31.9 Å². The number of fused-ring (bicyclic) bond motifs is 3. The summed E-state index contributed by atoms with van der Waals surface area (Å²) in [4.78, 5) is 32.5. The van der Waals surface area contributed by atoms with Crippen LogP contribution in [-0.2, 0) is 47.8 Å². The van der Waals surface area contributed by atoms with E-state index in [1.165, 1.54) is 23.8 Å². The number of nitrogen functional groups attached to an aromatic ring is 3. The SMILES string of the molecule is Cc1cccnc1CN1CCN(c2ccc(-c3cc(-c4cnn(C)c4)cn4nc(N)c(C#N)c34)cn2)CC1.Cn1cc(-c2cc(-c3ccc(N4CCN(Cc5c(F)cccc5F)CC4)nc3)c3c(C#N)c(N)nn3c2)cn1.Cn1cc(-c2cc(-c3ccc(N4CCN(Cc5ccn(C)n5)CC4)nc3)c3c(C#N)c(N)nn3c2)cn1. The van der Waals surface area contributed by atoms with Gasteiger partial charge in [-0.15, -0.1) is 15.3 Å². The number of halogens is 2. The number of aromatic nitrogens is 18. The maximum atomic E-state index is 14.1. The Kier molecular flexibility index (Phi) is 20.5. The van der Waals surface area contributed by atoms with Gasteiger partial charge in [-0.05, 0) is 91.3 Å². The highest BCUT2D eigenvalue weighted by molar-refractivity contribution is 5.93. The highest BCUT2D eigenvalue weighted by Gasteiger charge is 2.27. The molecule has 0 atom stereocenters. The molecule has 572 valence electrons.